The number of fused-ring (bicyclic) bond motifs is 1. The molecule has 0 spiro atoms. The van der Waals surface area contributed by atoms with Gasteiger partial charge in [0.2, 0.25) is 15.9 Å². The largest absolute Gasteiger partial charge is 0.348 e. The predicted molar refractivity (Wildman–Crippen MR) is 98.9 cm³/mol. The van der Waals surface area contributed by atoms with Gasteiger partial charge < -0.3 is 5.32 Å². The van der Waals surface area contributed by atoms with Crippen molar-refractivity contribution in [1.29, 1.82) is 0 Å². The summed E-state index contributed by atoms with van der Waals surface area (Å²) in [7, 11) is -3.80. The second-order valence-electron chi connectivity index (χ2n) is 6.43. The van der Waals surface area contributed by atoms with Gasteiger partial charge in [-0.3, -0.25) is 9.10 Å². The molecule has 2 aromatic carbocycles. The molecule has 0 bridgehead atoms. The Morgan fingerprint density at radius 1 is 1.19 bits per heavy atom. The topological polar surface area (TPSA) is 66.5 Å². The molecule has 0 radical (unpaired) electrons. The molecule has 0 saturated heterocycles. The normalized spacial score (nSPS) is 16.6. The number of benzene rings is 2. The van der Waals surface area contributed by atoms with E-state index < -0.39 is 28.3 Å². The Morgan fingerprint density at radius 3 is 2.62 bits per heavy atom. The zero-order valence-corrected chi connectivity index (χ0v) is 15.3. The first kappa shape index (κ1) is 18.4. The fraction of sp³-hybridized carbons (Fsp3) is 0.316. The second-order valence-corrected chi connectivity index (χ2v) is 8.34. The van der Waals surface area contributed by atoms with Crippen molar-refractivity contribution in [3.05, 3.63) is 65.5 Å². The molecule has 0 aromatic heterocycles. The molecule has 0 aliphatic heterocycles. The van der Waals surface area contributed by atoms with E-state index in [1.54, 1.807) is 0 Å². The highest BCUT2D eigenvalue weighted by atomic mass is 32.2. The third kappa shape index (κ3) is 4.04. The van der Waals surface area contributed by atoms with Gasteiger partial charge in [-0.1, -0.05) is 36.4 Å². The molecule has 26 heavy (non-hydrogen) atoms. The van der Waals surface area contributed by atoms with E-state index in [-0.39, 0.29) is 11.7 Å². The summed E-state index contributed by atoms with van der Waals surface area (Å²) in [5.74, 6) is -1.14. The Labute approximate surface area is 152 Å². The lowest BCUT2D eigenvalue weighted by Gasteiger charge is -2.28. The molecule has 1 atom stereocenters. The van der Waals surface area contributed by atoms with E-state index in [1.165, 1.54) is 29.8 Å². The van der Waals surface area contributed by atoms with Gasteiger partial charge in [0.05, 0.1) is 18.0 Å². The molecule has 0 heterocycles. The Morgan fingerprint density at radius 2 is 1.88 bits per heavy atom. The van der Waals surface area contributed by atoms with Crippen molar-refractivity contribution in [3.8, 4) is 0 Å². The van der Waals surface area contributed by atoms with Crippen LogP contribution in [0.1, 0.15) is 30.0 Å². The number of carbonyl (C=O) groups excluding carboxylic acids is 1. The van der Waals surface area contributed by atoms with Gasteiger partial charge in [-0.2, -0.15) is 0 Å². The maximum Gasteiger partial charge on any atom is 0.241 e. The van der Waals surface area contributed by atoms with E-state index in [9.17, 15) is 17.6 Å². The number of hydrogen-bond donors (Lipinski definition) is 1. The Kier molecular flexibility index (Phi) is 5.27. The van der Waals surface area contributed by atoms with Crippen LogP contribution < -0.4 is 9.62 Å². The van der Waals surface area contributed by atoms with Crippen LogP contribution in [-0.4, -0.2) is 27.1 Å². The van der Waals surface area contributed by atoms with E-state index in [2.05, 4.69) is 5.32 Å². The average Bonchev–Trinajstić information content (AvgIpc) is 2.60. The molecule has 2 aromatic rings. The number of halogens is 1. The molecule has 0 unspecified atom stereocenters. The number of hydrogen-bond acceptors (Lipinski definition) is 3. The van der Waals surface area contributed by atoms with Gasteiger partial charge in [0, 0.05) is 0 Å². The monoisotopic (exact) mass is 376 g/mol. The van der Waals surface area contributed by atoms with Crippen molar-refractivity contribution in [2.75, 3.05) is 17.1 Å². The number of aryl methyl sites for hydroxylation is 1. The number of rotatable bonds is 5. The van der Waals surface area contributed by atoms with Crippen LogP contribution in [-0.2, 0) is 21.2 Å². The molecule has 1 amide bonds. The molecule has 138 valence electrons. The zero-order valence-electron chi connectivity index (χ0n) is 14.5. The number of carbonyl (C=O) groups is 1. The highest BCUT2D eigenvalue weighted by Gasteiger charge is 2.26. The number of nitrogens with one attached hydrogen (secondary N) is 1. The van der Waals surface area contributed by atoms with E-state index >= 15 is 0 Å². The van der Waals surface area contributed by atoms with Crippen molar-refractivity contribution >= 4 is 21.6 Å². The number of sulfonamides is 1. The van der Waals surface area contributed by atoms with Crippen LogP contribution in [0.5, 0.6) is 0 Å². The van der Waals surface area contributed by atoms with E-state index in [4.69, 9.17) is 0 Å². The van der Waals surface area contributed by atoms with Crippen LogP contribution in [0.25, 0.3) is 0 Å². The van der Waals surface area contributed by atoms with Gasteiger partial charge in [0.15, 0.2) is 0 Å². The first-order valence-corrected chi connectivity index (χ1v) is 10.3. The minimum Gasteiger partial charge on any atom is -0.348 e. The Balaban J connectivity index is 1.79. The number of nitrogens with zero attached hydrogens (tertiary/aromatic N) is 1. The summed E-state index contributed by atoms with van der Waals surface area (Å²) < 4.78 is 39.0. The van der Waals surface area contributed by atoms with Gasteiger partial charge in [-0.15, -0.1) is 0 Å². The zero-order chi connectivity index (χ0) is 18.7. The molecule has 7 heteroatoms. The van der Waals surface area contributed by atoms with Crippen molar-refractivity contribution in [2.45, 2.75) is 25.3 Å². The van der Waals surface area contributed by atoms with Crippen molar-refractivity contribution < 1.29 is 17.6 Å². The summed E-state index contributed by atoms with van der Waals surface area (Å²) in [5, 5.41) is 2.90. The number of para-hydroxylation sites is 1. The minimum atomic E-state index is -3.80. The predicted octanol–water partition coefficient (Wildman–Crippen LogP) is 2.79. The van der Waals surface area contributed by atoms with Gasteiger partial charge in [-0.25, -0.2) is 12.8 Å². The van der Waals surface area contributed by atoms with Crippen molar-refractivity contribution in [2.24, 2.45) is 0 Å². The molecular weight excluding hydrogens is 355 g/mol. The average molecular weight is 376 g/mol. The van der Waals surface area contributed by atoms with Gasteiger partial charge in [0.25, 0.3) is 0 Å². The van der Waals surface area contributed by atoms with E-state index in [1.807, 2.05) is 24.3 Å². The first-order valence-electron chi connectivity index (χ1n) is 8.45. The quantitative estimate of drug-likeness (QED) is 0.873. The van der Waals surface area contributed by atoms with E-state index in [0.717, 1.165) is 35.4 Å². The summed E-state index contributed by atoms with van der Waals surface area (Å²) in [6.07, 6.45) is 3.67. The molecule has 1 N–H and O–H groups in total. The fourth-order valence-electron chi connectivity index (χ4n) is 3.31. The molecule has 1 aliphatic carbocycles. The smallest absolute Gasteiger partial charge is 0.241 e. The highest BCUT2D eigenvalue weighted by molar-refractivity contribution is 7.92. The minimum absolute atomic E-state index is 0.130. The van der Waals surface area contributed by atoms with Crippen molar-refractivity contribution in [3.63, 3.8) is 0 Å². The first-order chi connectivity index (χ1) is 12.4. The SMILES string of the molecule is CS(=O)(=O)N(CC(=O)N[C@@H]1CCCc2ccccc21)c1ccccc1F. The van der Waals surface area contributed by atoms with Crippen LogP contribution in [0.15, 0.2) is 48.5 Å². The summed E-state index contributed by atoms with van der Waals surface area (Å²) in [4.78, 5) is 12.5. The van der Waals surface area contributed by atoms with Crippen LogP contribution in [0.4, 0.5) is 10.1 Å². The standard InChI is InChI=1S/C19H21FN2O3S/c1-26(24,25)22(18-12-5-4-10-16(18)20)13-19(23)21-17-11-6-8-14-7-2-3-9-15(14)17/h2-5,7,9-10,12,17H,6,8,11,13H2,1H3,(H,21,23)/t17-/m1/s1. The van der Waals surface area contributed by atoms with Crippen LogP contribution in [0, 0.1) is 5.82 Å². The van der Waals surface area contributed by atoms with Crippen LogP contribution in [0.3, 0.4) is 0 Å². The van der Waals surface area contributed by atoms with Gasteiger partial charge in [0.1, 0.15) is 12.4 Å². The van der Waals surface area contributed by atoms with Crippen molar-refractivity contribution in [1.82, 2.24) is 5.32 Å². The third-order valence-corrected chi connectivity index (χ3v) is 5.64. The summed E-state index contributed by atoms with van der Waals surface area (Å²) in [6, 6.07) is 13.3. The molecule has 0 fully saturated rings. The van der Waals surface area contributed by atoms with Gasteiger partial charge in [-0.05, 0) is 42.5 Å². The lowest BCUT2D eigenvalue weighted by molar-refractivity contribution is -0.120. The third-order valence-electron chi connectivity index (χ3n) is 4.51. The summed E-state index contributed by atoms with van der Waals surface area (Å²) >= 11 is 0. The van der Waals surface area contributed by atoms with Gasteiger partial charge >= 0.3 is 0 Å². The molecule has 1 aliphatic rings. The summed E-state index contributed by atoms with van der Waals surface area (Å²) in [5.41, 5.74) is 2.12. The Bertz CT molecular complexity index is 915. The second kappa shape index (κ2) is 7.45. The number of amides is 1. The summed E-state index contributed by atoms with van der Waals surface area (Å²) in [6.45, 7) is -0.460. The Hall–Kier alpha value is -2.41. The number of anilines is 1. The maximum absolute atomic E-state index is 14.0. The molecular formula is C19H21FN2O3S. The lowest BCUT2D eigenvalue weighted by Crippen LogP contribution is -2.42. The molecule has 3 rings (SSSR count). The lowest BCUT2D eigenvalue weighted by atomic mass is 9.88. The maximum atomic E-state index is 14.0. The fourth-order valence-corrected chi connectivity index (χ4v) is 4.17. The van der Waals surface area contributed by atoms with E-state index in [0.29, 0.717) is 0 Å². The van der Waals surface area contributed by atoms with Crippen LogP contribution in [0.2, 0.25) is 0 Å². The molecule has 0 saturated carbocycles. The highest BCUT2D eigenvalue weighted by Crippen LogP contribution is 2.29. The van der Waals surface area contributed by atoms with Crippen LogP contribution >= 0.6 is 0 Å². The molecule has 5 nitrogen and oxygen atoms in total.